The van der Waals surface area contributed by atoms with Gasteiger partial charge in [0.25, 0.3) is 5.91 Å². The van der Waals surface area contributed by atoms with Crippen LogP contribution in [-0.4, -0.2) is 25.0 Å². The van der Waals surface area contributed by atoms with Gasteiger partial charge in [-0.1, -0.05) is 22.0 Å². The van der Waals surface area contributed by atoms with Gasteiger partial charge in [0, 0.05) is 27.0 Å². The van der Waals surface area contributed by atoms with Crippen LogP contribution >= 0.6 is 27.3 Å². The SMILES string of the molecule is CCOc1cc(NC(=O)c2ccc(Br)cc2)c(OCC)cc1NC(=O)Cc1cccs1. The van der Waals surface area contributed by atoms with E-state index in [9.17, 15) is 9.59 Å². The van der Waals surface area contributed by atoms with Crippen molar-refractivity contribution in [3.63, 3.8) is 0 Å². The number of anilines is 2. The zero-order chi connectivity index (χ0) is 22.2. The van der Waals surface area contributed by atoms with Crippen molar-refractivity contribution in [2.24, 2.45) is 0 Å². The van der Waals surface area contributed by atoms with Crippen molar-refractivity contribution in [3.05, 3.63) is 68.8 Å². The second-order valence-corrected chi connectivity index (χ2v) is 8.42. The summed E-state index contributed by atoms with van der Waals surface area (Å²) in [5, 5.41) is 7.71. The number of rotatable bonds is 9. The number of benzene rings is 2. The van der Waals surface area contributed by atoms with Gasteiger partial charge < -0.3 is 20.1 Å². The first-order chi connectivity index (χ1) is 15.0. The molecule has 2 N–H and O–H groups in total. The van der Waals surface area contributed by atoms with E-state index >= 15 is 0 Å². The molecule has 0 saturated carbocycles. The molecular weight excluding hydrogens is 480 g/mol. The number of hydrogen-bond acceptors (Lipinski definition) is 5. The van der Waals surface area contributed by atoms with Crippen molar-refractivity contribution < 1.29 is 19.1 Å². The lowest BCUT2D eigenvalue weighted by Crippen LogP contribution is -2.16. The summed E-state index contributed by atoms with van der Waals surface area (Å²) in [5.41, 5.74) is 1.47. The van der Waals surface area contributed by atoms with E-state index in [4.69, 9.17) is 9.47 Å². The molecule has 0 saturated heterocycles. The van der Waals surface area contributed by atoms with Crippen LogP contribution in [-0.2, 0) is 11.2 Å². The maximum Gasteiger partial charge on any atom is 0.255 e. The summed E-state index contributed by atoms with van der Waals surface area (Å²) in [4.78, 5) is 26.2. The predicted octanol–water partition coefficient (Wildman–Crippen LogP) is 5.74. The van der Waals surface area contributed by atoms with Gasteiger partial charge in [0.1, 0.15) is 11.5 Å². The molecule has 0 spiro atoms. The van der Waals surface area contributed by atoms with E-state index in [2.05, 4.69) is 26.6 Å². The van der Waals surface area contributed by atoms with Crippen LogP contribution < -0.4 is 20.1 Å². The smallest absolute Gasteiger partial charge is 0.255 e. The fourth-order valence-corrected chi connectivity index (χ4v) is 3.83. The molecule has 0 fully saturated rings. The molecule has 6 nitrogen and oxygen atoms in total. The van der Waals surface area contributed by atoms with Gasteiger partial charge in [0.2, 0.25) is 5.91 Å². The Labute approximate surface area is 193 Å². The number of thiophene rings is 1. The maximum absolute atomic E-state index is 12.7. The monoisotopic (exact) mass is 502 g/mol. The molecule has 2 aromatic carbocycles. The van der Waals surface area contributed by atoms with Crippen LogP contribution in [0.4, 0.5) is 11.4 Å². The minimum absolute atomic E-state index is 0.155. The van der Waals surface area contributed by atoms with Crippen molar-refractivity contribution >= 4 is 50.5 Å². The van der Waals surface area contributed by atoms with Gasteiger partial charge in [-0.25, -0.2) is 0 Å². The Balaban J connectivity index is 1.86. The van der Waals surface area contributed by atoms with Crippen LogP contribution in [0, 0.1) is 0 Å². The lowest BCUT2D eigenvalue weighted by molar-refractivity contribution is -0.115. The standard InChI is InChI=1S/C23H23BrN2O4S/c1-3-29-20-14-19(26-23(28)15-7-9-16(24)10-8-15)21(30-4-2)13-18(20)25-22(27)12-17-6-5-11-31-17/h5-11,13-14H,3-4,12H2,1-2H3,(H,25,27)(H,26,28). The highest BCUT2D eigenvalue weighted by Crippen LogP contribution is 2.37. The Hall–Kier alpha value is -2.84. The number of amides is 2. The minimum atomic E-state index is -0.273. The highest BCUT2D eigenvalue weighted by atomic mass is 79.9. The van der Waals surface area contributed by atoms with Crippen LogP contribution in [0.3, 0.4) is 0 Å². The van der Waals surface area contributed by atoms with Crippen LogP contribution in [0.5, 0.6) is 11.5 Å². The number of ether oxygens (including phenoxy) is 2. The summed E-state index contributed by atoms with van der Waals surface area (Å²) in [7, 11) is 0. The summed E-state index contributed by atoms with van der Waals surface area (Å²) in [6.07, 6.45) is 0.273. The van der Waals surface area contributed by atoms with Gasteiger partial charge in [0.15, 0.2) is 0 Å². The lowest BCUT2D eigenvalue weighted by Gasteiger charge is -2.18. The van der Waals surface area contributed by atoms with Gasteiger partial charge in [-0.15, -0.1) is 11.3 Å². The summed E-state index contributed by atoms with van der Waals surface area (Å²) < 4.78 is 12.3. The van der Waals surface area contributed by atoms with Gasteiger partial charge in [0.05, 0.1) is 31.0 Å². The quantitative estimate of drug-likeness (QED) is 0.391. The summed E-state index contributed by atoms with van der Waals surface area (Å²) >= 11 is 4.89. The number of carbonyl (C=O) groups excluding carboxylic acids is 2. The third-order valence-electron chi connectivity index (χ3n) is 4.23. The van der Waals surface area contributed by atoms with Crippen molar-refractivity contribution in [2.75, 3.05) is 23.8 Å². The topological polar surface area (TPSA) is 76.7 Å². The lowest BCUT2D eigenvalue weighted by atomic mass is 10.2. The molecule has 2 amide bonds. The molecular formula is C23H23BrN2O4S. The van der Waals surface area contributed by atoms with Gasteiger partial charge in [-0.3, -0.25) is 9.59 Å². The molecule has 8 heteroatoms. The van der Waals surface area contributed by atoms with E-state index in [-0.39, 0.29) is 18.2 Å². The van der Waals surface area contributed by atoms with Crippen LogP contribution in [0.2, 0.25) is 0 Å². The van der Waals surface area contributed by atoms with E-state index in [1.807, 2.05) is 31.4 Å². The molecule has 162 valence electrons. The fraction of sp³-hybridized carbons (Fsp3) is 0.217. The van der Waals surface area contributed by atoms with E-state index in [1.54, 1.807) is 36.4 Å². The normalized spacial score (nSPS) is 10.4. The van der Waals surface area contributed by atoms with E-state index in [1.165, 1.54) is 11.3 Å². The second-order valence-electron chi connectivity index (χ2n) is 6.48. The Morgan fingerprint density at radius 1 is 0.935 bits per heavy atom. The van der Waals surface area contributed by atoms with E-state index in [0.717, 1.165) is 9.35 Å². The molecule has 0 aliphatic carbocycles. The average Bonchev–Trinajstić information content (AvgIpc) is 3.24. The molecule has 0 unspecified atom stereocenters. The highest BCUT2D eigenvalue weighted by molar-refractivity contribution is 9.10. The van der Waals surface area contributed by atoms with Gasteiger partial charge >= 0.3 is 0 Å². The molecule has 1 heterocycles. The third-order valence-corrected chi connectivity index (χ3v) is 5.63. The summed E-state index contributed by atoms with van der Waals surface area (Å²) in [6.45, 7) is 4.51. The number of carbonyl (C=O) groups is 2. The van der Waals surface area contributed by atoms with Crippen molar-refractivity contribution in [1.82, 2.24) is 0 Å². The summed E-state index contributed by atoms with van der Waals surface area (Å²) in [6, 6.07) is 14.2. The Morgan fingerprint density at radius 3 is 2.10 bits per heavy atom. The largest absolute Gasteiger partial charge is 0.492 e. The average molecular weight is 503 g/mol. The van der Waals surface area contributed by atoms with Crippen molar-refractivity contribution in [3.8, 4) is 11.5 Å². The zero-order valence-electron chi connectivity index (χ0n) is 17.2. The molecule has 3 aromatic rings. The second kappa shape index (κ2) is 11.0. The number of halogens is 1. The first kappa shape index (κ1) is 22.8. The molecule has 0 aliphatic rings. The Kier molecular flexibility index (Phi) is 8.08. The Bertz CT molecular complexity index is 1040. The predicted molar refractivity (Wildman–Crippen MR) is 128 cm³/mol. The maximum atomic E-state index is 12.7. The number of hydrogen-bond donors (Lipinski definition) is 2. The van der Waals surface area contributed by atoms with Crippen LogP contribution in [0.1, 0.15) is 29.1 Å². The minimum Gasteiger partial charge on any atom is -0.492 e. The number of nitrogens with one attached hydrogen (secondary N) is 2. The Morgan fingerprint density at radius 2 is 1.55 bits per heavy atom. The highest BCUT2D eigenvalue weighted by Gasteiger charge is 2.17. The molecule has 3 rings (SSSR count). The molecule has 1 aromatic heterocycles. The van der Waals surface area contributed by atoms with Crippen LogP contribution in [0.25, 0.3) is 0 Å². The molecule has 31 heavy (non-hydrogen) atoms. The molecule has 0 radical (unpaired) electrons. The van der Waals surface area contributed by atoms with Crippen molar-refractivity contribution in [1.29, 1.82) is 0 Å². The van der Waals surface area contributed by atoms with E-state index < -0.39 is 0 Å². The third kappa shape index (κ3) is 6.32. The van der Waals surface area contributed by atoms with Gasteiger partial charge in [-0.2, -0.15) is 0 Å². The molecule has 0 bridgehead atoms. The fourth-order valence-electron chi connectivity index (χ4n) is 2.87. The zero-order valence-corrected chi connectivity index (χ0v) is 19.6. The van der Waals surface area contributed by atoms with Crippen LogP contribution in [0.15, 0.2) is 58.4 Å². The van der Waals surface area contributed by atoms with E-state index in [0.29, 0.717) is 41.7 Å². The molecule has 0 atom stereocenters. The first-order valence-corrected chi connectivity index (χ1v) is 11.5. The summed E-state index contributed by atoms with van der Waals surface area (Å²) in [5.74, 6) is 0.474. The van der Waals surface area contributed by atoms with Gasteiger partial charge in [-0.05, 0) is 49.6 Å². The molecule has 0 aliphatic heterocycles. The first-order valence-electron chi connectivity index (χ1n) is 9.83. The van der Waals surface area contributed by atoms with Crippen molar-refractivity contribution in [2.45, 2.75) is 20.3 Å².